The molecule has 9 nitrogen and oxygen atoms in total. The number of pyridine rings is 1. The van der Waals surface area contributed by atoms with Crippen molar-refractivity contribution in [3.8, 4) is 17.2 Å². The van der Waals surface area contributed by atoms with E-state index in [1.54, 1.807) is 36.4 Å². The summed E-state index contributed by atoms with van der Waals surface area (Å²) in [7, 11) is 1.75. The van der Waals surface area contributed by atoms with E-state index in [1.807, 2.05) is 59.4 Å². The van der Waals surface area contributed by atoms with E-state index < -0.39 is 0 Å². The van der Waals surface area contributed by atoms with Crippen molar-refractivity contribution in [1.29, 1.82) is 5.26 Å². The van der Waals surface area contributed by atoms with Crippen LogP contribution in [0.1, 0.15) is 23.7 Å². The number of amides is 1. The predicted octanol–water partition coefficient (Wildman–Crippen LogP) is 3.83. The van der Waals surface area contributed by atoms with Crippen molar-refractivity contribution in [2.75, 3.05) is 26.7 Å². The van der Waals surface area contributed by atoms with Gasteiger partial charge in [-0.3, -0.25) is 14.5 Å². The van der Waals surface area contributed by atoms with Crippen LogP contribution < -0.4 is 0 Å². The molecule has 10 heteroatoms. The monoisotopic (exact) mass is 513 g/mol. The molecule has 0 aliphatic carbocycles. The van der Waals surface area contributed by atoms with E-state index in [-0.39, 0.29) is 12.0 Å². The molecule has 37 heavy (non-hydrogen) atoms. The Morgan fingerprint density at radius 3 is 2.92 bits per heavy atom. The first-order chi connectivity index (χ1) is 18.0. The van der Waals surface area contributed by atoms with Crippen LogP contribution in [0.15, 0.2) is 63.7 Å². The molecular formula is C27H27N7O2S. The molecule has 1 aromatic carbocycles. The van der Waals surface area contributed by atoms with Gasteiger partial charge in [0, 0.05) is 71.6 Å². The third kappa shape index (κ3) is 5.01. The number of fused-ring (bicyclic) bond motifs is 1. The lowest BCUT2D eigenvalue weighted by Gasteiger charge is -2.32. The fourth-order valence-corrected chi connectivity index (χ4v) is 5.66. The number of nitriles is 1. The highest BCUT2D eigenvalue weighted by molar-refractivity contribution is 7.99. The molecular weight excluding hydrogens is 486 g/mol. The number of ether oxygens (including phenoxy) is 1. The zero-order valence-electron chi connectivity index (χ0n) is 21.0. The number of nitrogens with zero attached hydrogens (tertiary/aromatic N) is 7. The highest BCUT2D eigenvalue weighted by Gasteiger charge is 2.24. The normalized spacial score (nSPS) is 15.9. The number of carbonyl (C=O) groups is 1. The second-order valence-corrected chi connectivity index (χ2v) is 9.95. The number of benzene rings is 1. The second kappa shape index (κ2) is 10.6. The molecule has 1 aliphatic heterocycles. The van der Waals surface area contributed by atoms with E-state index in [2.05, 4.69) is 27.3 Å². The van der Waals surface area contributed by atoms with E-state index in [0.29, 0.717) is 31.8 Å². The maximum absolute atomic E-state index is 11.8. The van der Waals surface area contributed by atoms with Crippen LogP contribution >= 0.6 is 11.8 Å². The molecule has 1 aliphatic rings. The van der Waals surface area contributed by atoms with E-state index in [1.165, 1.54) is 0 Å². The molecule has 0 spiro atoms. The summed E-state index contributed by atoms with van der Waals surface area (Å²) in [4.78, 5) is 19.8. The molecule has 0 unspecified atom stereocenters. The lowest BCUT2D eigenvalue weighted by atomic mass is 10.1. The van der Waals surface area contributed by atoms with Gasteiger partial charge in [-0.15, -0.1) is 0 Å². The smallest absolute Gasteiger partial charge is 0.219 e. The van der Waals surface area contributed by atoms with Crippen LogP contribution in [0.2, 0.25) is 0 Å². The maximum atomic E-state index is 11.8. The maximum Gasteiger partial charge on any atom is 0.219 e. The van der Waals surface area contributed by atoms with Gasteiger partial charge in [0.25, 0.3) is 0 Å². The minimum Gasteiger partial charge on any atom is -0.373 e. The number of morpholine rings is 1. The third-order valence-corrected chi connectivity index (χ3v) is 7.60. The average Bonchev–Trinajstić information content (AvgIpc) is 3.48. The molecule has 0 bridgehead atoms. The molecule has 1 saturated heterocycles. The van der Waals surface area contributed by atoms with Crippen LogP contribution in [0.25, 0.3) is 16.6 Å². The Morgan fingerprint density at radius 1 is 1.30 bits per heavy atom. The third-order valence-electron chi connectivity index (χ3n) is 6.48. The molecule has 188 valence electrons. The fourth-order valence-electron chi connectivity index (χ4n) is 4.55. The van der Waals surface area contributed by atoms with E-state index in [9.17, 15) is 10.1 Å². The Balaban J connectivity index is 1.51. The predicted molar refractivity (Wildman–Crippen MR) is 142 cm³/mol. The van der Waals surface area contributed by atoms with Crippen LogP contribution in [0.4, 0.5) is 0 Å². The van der Waals surface area contributed by atoms with Crippen LogP contribution in [0.5, 0.6) is 0 Å². The summed E-state index contributed by atoms with van der Waals surface area (Å²) in [5.41, 5.74) is 5.21. The van der Waals surface area contributed by atoms with E-state index in [4.69, 9.17) is 4.74 Å². The van der Waals surface area contributed by atoms with Crippen molar-refractivity contribution in [3.05, 3.63) is 65.7 Å². The lowest BCUT2D eigenvalue weighted by molar-refractivity contribution is -0.136. The summed E-state index contributed by atoms with van der Waals surface area (Å²) in [6, 6.07) is 12.4. The molecule has 4 aromatic rings. The number of hydrogen-bond donors (Lipinski definition) is 0. The fraction of sp³-hybridized carbons (Fsp3) is 0.296. The van der Waals surface area contributed by atoms with Gasteiger partial charge < -0.3 is 9.64 Å². The molecule has 5 rings (SSSR count). The molecule has 3 aromatic heterocycles. The van der Waals surface area contributed by atoms with Gasteiger partial charge in [0.05, 0.1) is 42.7 Å². The van der Waals surface area contributed by atoms with Gasteiger partial charge >= 0.3 is 0 Å². The van der Waals surface area contributed by atoms with Gasteiger partial charge in [-0.2, -0.15) is 15.5 Å². The Hall–Kier alpha value is -3.94. The standard InChI is InChI=1S/C27H27N7O2S/c1-18-24(14-31-33(18)17-23-16-32(19(2)35)8-9-36-23)21-10-26(27-22(11-28)13-30-34(27)15-21)37-25-7-5-4-6-20(25)12-29-3/h4-7,10,12-15,23H,8-9,16-17H2,1-3H3/t23-/m1/s1. The van der Waals surface area contributed by atoms with Gasteiger partial charge in [0.2, 0.25) is 5.91 Å². The number of aliphatic imine (C=N–C) groups is 1. The first-order valence-corrected chi connectivity index (χ1v) is 12.8. The van der Waals surface area contributed by atoms with Crippen molar-refractivity contribution >= 4 is 29.4 Å². The van der Waals surface area contributed by atoms with Gasteiger partial charge in [-0.1, -0.05) is 30.0 Å². The molecule has 1 amide bonds. The second-order valence-electron chi connectivity index (χ2n) is 8.87. The molecule has 0 N–H and O–H groups in total. The van der Waals surface area contributed by atoms with Crippen LogP contribution in [-0.4, -0.2) is 69.3 Å². The number of rotatable bonds is 6. The topological polar surface area (TPSA) is 101 Å². The largest absolute Gasteiger partial charge is 0.373 e. The first kappa shape index (κ1) is 24.7. The minimum absolute atomic E-state index is 0.0623. The summed E-state index contributed by atoms with van der Waals surface area (Å²) in [6.07, 6.45) is 7.10. The zero-order chi connectivity index (χ0) is 25.9. The Morgan fingerprint density at radius 2 is 2.14 bits per heavy atom. The highest BCUT2D eigenvalue weighted by Crippen LogP contribution is 2.37. The van der Waals surface area contributed by atoms with Crippen LogP contribution in [0, 0.1) is 18.3 Å². The minimum atomic E-state index is -0.112. The van der Waals surface area contributed by atoms with Crippen molar-refractivity contribution < 1.29 is 9.53 Å². The van der Waals surface area contributed by atoms with E-state index >= 15 is 0 Å². The Bertz CT molecular complexity index is 1530. The Kier molecular flexibility index (Phi) is 7.08. The first-order valence-electron chi connectivity index (χ1n) is 12.0. The summed E-state index contributed by atoms with van der Waals surface area (Å²) < 4.78 is 9.60. The molecule has 4 heterocycles. The number of aromatic nitrogens is 4. The van der Waals surface area contributed by atoms with Crippen molar-refractivity contribution in [3.63, 3.8) is 0 Å². The van der Waals surface area contributed by atoms with Gasteiger partial charge in [-0.25, -0.2) is 4.52 Å². The molecule has 1 atom stereocenters. The summed E-state index contributed by atoms with van der Waals surface area (Å²) in [5.74, 6) is 0.0623. The van der Waals surface area contributed by atoms with Crippen molar-refractivity contribution in [1.82, 2.24) is 24.3 Å². The van der Waals surface area contributed by atoms with Crippen LogP contribution in [-0.2, 0) is 16.1 Å². The quantitative estimate of drug-likeness (QED) is 0.363. The SMILES string of the molecule is CN=Cc1ccccc1Sc1cc(-c2cnn(C[C@H]3CN(C(C)=O)CCO3)c2C)cn2ncc(C#N)c12. The summed E-state index contributed by atoms with van der Waals surface area (Å²) >= 11 is 1.58. The Labute approximate surface area is 219 Å². The van der Waals surface area contributed by atoms with Gasteiger partial charge in [0.1, 0.15) is 6.07 Å². The molecule has 0 radical (unpaired) electrons. The van der Waals surface area contributed by atoms with Gasteiger partial charge in [-0.05, 0) is 19.1 Å². The van der Waals surface area contributed by atoms with Crippen molar-refractivity contribution in [2.45, 2.75) is 36.3 Å². The van der Waals surface area contributed by atoms with Crippen LogP contribution in [0.3, 0.4) is 0 Å². The number of hydrogen-bond acceptors (Lipinski definition) is 7. The highest BCUT2D eigenvalue weighted by atomic mass is 32.2. The van der Waals surface area contributed by atoms with Crippen molar-refractivity contribution in [2.24, 2.45) is 4.99 Å². The zero-order valence-corrected chi connectivity index (χ0v) is 21.8. The summed E-state index contributed by atoms with van der Waals surface area (Å²) in [5, 5.41) is 18.8. The molecule has 0 saturated carbocycles. The lowest BCUT2D eigenvalue weighted by Crippen LogP contribution is -2.46. The molecule has 1 fully saturated rings. The van der Waals surface area contributed by atoms with Gasteiger partial charge in [0.15, 0.2) is 0 Å². The van der Waals surface area contributed by atoms with E-state index in [0.717, 1.165) is 37.7 Å². The average molecular weight is 514 g/mol. The number of carbonyl (C=O) groups excluding carboxylic acids is 1. The summed E-state index contributed by atoms with van der Waals surface area (Å²) in [6.45, 7) is 5.88.